The number of halogens is 1. The van der Waals surface area contributed by atoms with Crippen molar-refractivity contribution in [3.05, 3.63) is 44.1 Å². The Labute approximate surface area is 196 Å². The molecular weight excluding hydrogens is 472 g/mol. The minimum absolute atomic E-state index is 0.0148. The molecule has 0 atom stereocenters. The maximum atomic E-state index is 12.8. The first-order valence-corrected chi connectivity index (χ1v) is 10.9. The molecule has 1 aromatic carbocycles. The summed E-state index contributed by atoms with van der Waals surface area (Å²) in [5.74, 6) is -3.17. The largest absolute Gasteiger partial charge is 0.425 e. The lowest BCUT2D eigenvalue weighted by atomic mass is 9.73. The Balaban J connectivity index is 1.56. The van der Waals surface area contributed by atoms with Gasteiger partial charge in [-0.15, -0.1) is 9.97 Å². The number of hydroxylamine groups is 2. The van der Waals surface area contributed by atoms with E-state index in [1.165, 1.54) is 25.1 Å². The molecule has 2 fully saturated rings. The van der Waals surface area contributed by atoms with Gasteiger partial charge in [0, 0.05) is 31.2 Å². The van der Waals surface area contributed by atoms with E-state index >= 15 is 0 Å². The zero-order valence-electron chi connectivity index (χ0n) is 18.0. The standard InChI is InChI=1S/C22H19ClN2O9/c1-11(26)32-17-10-16-13(9-15(17)23)8-14(21(30)33-16)22(24-31)6-4-12(5-7-22)20(29)34-25-18(27)2-3-19(25)28/h8-10,12H,2-7H2,1H3. The second-order valence-corrected chi connectivity index (χ2v) is 8.66. The van der Waals surface area contributed by atoms with Crippen LogP contribution in [-0.4, -0.2) is 28.8 Å². The summed E-state index contributed by atoms with van der Waals surface area (Å²) < 4.78 is 10.3. The fourth-order valence-electron chi connectivity index (χ4n) is 4.24. The molecule has 0 N–H and O–H groups in total. The molecule has 2 amide bonds. The van der Waals surface area contributed by atoms with Gasteiger partial charge in [0.1, 0.15) is 11.1 Å². The van der Waals surface area contributed by atoms with Gasteiger partial charge in [-0.25, -0.2) is 9.59 Å². The Morgan fingerprint density at radius 2 is 1.76 bits per heavy atom. The molecule has 1 aliphatic carbocycles. The number of carbonyl (C=O) groups excluding carboxylic acids is 4. The predicted molar refractivity (Wildman–Crippen MR) is 115 cm³/mol. The molecule has 2 aromatic rings. The van der Waals surface area contributed by atoms with Crippen LogP contribution in [0.2, 0.25) is 5.02 Å². The van der Waals surface area contributed by atoms with Gasteiger partial charge >= 0.3 is 17.6 Å². The normalized spacial score (nSPS) is 22.6. The van der Waals surface area contributed by atoms with Crippen molar-refractivity contribution in [2.75, 3.05) is 0 Å². The van der Waals surface area contributed by atoms with Crippen LogP contribution in [0.15, 0.2) is 32.6 Å². The number of benzene rings is 1. The van der Waals surface area contributed by atoms with Gasteiger partial charge in [-0.2, -0.15) is 0 Å². The summed E-state index contributed by atoms with van der Waals surface area (Å²) in [6.07, 6.45) is 0.356. The van der Waals surface area contributed by atoms with Crippen LogP contribution in [-0.2, 0) is 29.6 Å². The lowest BCUT2D eigenvalue weighted by Gasteiger charge is -2.33. The van der Waals surface area contributed by atoms with E-state index in [0.717, 1.165) is 0 Å². The molecule has 2 heterocycles. The van der Waals surface area contributed by atoms with Gasteiger partial charge in [0.05, 0.1) is 16.5 Å². The SMILES string of the molecule is CC(=O)Oc1cc2oc(=O)c(C3(N=O)CCC(C(=O)ON4C(=O)CCC4=O)CC3)cc2cc1Cl. The number of amides is 2. The zero-order chi connectivity index (χ0) is 24.6. The van der Waals surface area contributed by atoms with Crippen LogP contribution in [0.25, 0.3) is 11.0 Å². The topological polar surface area (TPSA) is 150 Å². The van der Waals surface area contributed by atoms with Crippen molar-refractivity contribution in [2.45, 2.75) is 51.0 Å². The van der Waals surface area contributed by atoms with Crippen LogP contribution in [0.4, 0.5) is 0 Å². The van der Waals surface area contributed by atoms with Crippen molar-refractivity contribution in [3.63, 3.8) is 0 Å². The quantitative estimate of drug-likeness (QED) is 0.202. The third-order valence-electron chi connectivity index (χ3n) is 6.05. The summed E-state index contributed by atoms with van der Waals surface area (Å²) in [5, 5.41) is 4.21. The van der Waals surface area contributed by atoms with Gasteiger partial charge in [0.2, 0.25) is 0 Å². The number of rotatable bonds is 5. The van der Waals surface area contributed by atoms with Crippen LogP contribution in [0.5, 0.6) is 5.75 Å². The monoisotopic (exact) mass is 490 g/mol. The van der Waals surface area contributed by atoms with Crippen molar-refractivity contribution in [1.29, 1.82) is 0 Å². The Bertz CT molecular complexity index is 1260. The van der Waals surface area contributed by atoms with Crippen molar-refractivity contribution < 1.29 is 33.2 Å². The first-order chi connectivity index (χ1) is 16.1. The lowest BCUT2D eigenvalue weighted by molar-refractivity contribution is -0.201. The van der Waals surface area contributed by atoms with Gasteiger partial charge in [-0.05, 0) is 37.8 Å². The van der Waals surface area contributed by atoms with E-state index in [1.54, 1.807) is 0 Å². The number of hydrogen-bond acceptors (Lipinski definition) is 10. The Morgan fingerprint density at radius 1 is 1.12 bits per heavy atom. The molecule has 0 spiro atoms. The minimum atomic E-state index is -1.44. The second kappa shape index (κ2) is 8.98. The molecular formula is C22H19ClN2O9. The molecule has 12 heteroatoms. The highest BCUT2D eigenvalue weighted by atomic mass is 35.5. The molecule has 1 saturated heterocycles. The van der Waals surface area contributed by atoms with Crippen LogP contribution in [0.3, 0.4) is 0 Å². The molecule has 1 saturated carbocycles. The average molecular weight is 491 g/mol. The van der Waals surface area contributed by atoms with Crippen molar-refractivity contribution >= 4 is 46.3 Å². The molecule has 178 valence electrons. The third kappa shape index (κ3) is 4.30. The summed E-state index contributed by atoms with van der Waals surface area (Å²) >= 11 is 6.15. The number of nitrogens with zero attached hydrogens (tertiary/aromatic N) is 2. The van der Waals surface area contributed by atoms with Crippen LogP contribution >= 0.6 is 11.6 Å². The molecule has 4 rings (SSSR count). The Morgan fingerprint density at radius 3 is 2.35 bits per heavy atom. The number of ether oxygens (including phenoxy) is 1. The van der Waals surface area contributed by atoms with Gasteiger partial charge in [0.15, 0.2) is 5.75 Å². The highest BCUT2D eigenvalue weighted by Crippen LogP contribution is 2.43. The van der Waals surface area contributed by atoms with E-state index in [-0.39, 0.29) is 60.4 Å². The smallest absolute Gasteiger partial charge is 0.342 e. The van der Waals surface area contributed by atoms with Gasteiger partial charge in [0.25, 0.3) is 11.8 Å². The number of hydrogen-bond donors (Lipinski definition) is 0. The predicted octanol–water partition coefficient (Wildman–Crippen LogP) is 3.13. The maximum absolute atomic E-state index is 12.8. The summed E-state index contributed by atoms with van der Waals surface area (Å²) in [7, 11) is 0. The highest BCUT2D eigenvalue weighted by Gasteiger charge is 2.44. The molecule has 0 radical (unpaired) electrons. The van der Waals surface area contributed by atoms with Crippen molar-refractivity contribution in [2.24, 2.45) is 11.1 Å². The van der Waals surface area contributed by atoms with Gasteiger partial charge in [-0.3, -0.25) is 14.4 Å². The van der Waals surface area contributed by atoms with Gasteiger partial charge < -0.3 is 14.0 Å². The zero-order valence-corrected chi connectivity index (χ0v) is 18.8. The van der Waals surface area contributed by atoms with E-state index in [4.69, 9.17) is 25.6 Å². The van der Waals surface area contributed by atoms with E-state index in [1.807, 2.05) is 0 Å². The molecule has 11 nitrogen and oxygen atoms in total. The van der Waals surface area contributed by atoms with Crippen molar-refractivity contribution in [1.82, 2.24) is 5.06 Å². The highest BCUT2D eigenvalue weighted by molar-refractivity contribution is 6.33. The van der Waals surface area contributed by atoms with E-state index in [0.29, 0.717) is 10.4 Å². The number of fused-ring (bicyclic) bond motifs is 1. The summed E-state index contributed by atoms with van der Waals surface area (Å²) in [5.41, 5.74) is -2.11. The van der Waals surface area contributed by atoms with Crippen LogP contribution < -0.4 is 10.4 Å². The number of imide groups is 1. The fraction of sp³-hybridized carbons (Fsp3) is 0.409. The number of carbonyl (C=O) groups is 4. The fourth-order valence-corrected chi connectivity index (χ4v) is 4.45. The Hall–Kier alpha value is -3.60. The summed E-state index contributed by atoms with van der Waals surface area (Å²) in [6, 6.07) is 4.19. The molecule has 1 aromatic heterocycles. The molecule has 0 bridgehead atoms. The first kappa shape index (κ1) is 23.6. The van der Waals surface area contributed by atoms with E-state index in [2.05, 4.69) is 5.18 Å². The molecule has 1 aliphatic heterocycles. The maximum Gasteiger partial charge on any atom is 0.342 e. The summed E-state index contributed by atoms with van der Waals surface area (Å²) in [6.45, 7) is 1.20. The molecule has 34 heavy (non-hydrogen) atoms. The lowest BCUT2D eigenvalue weighted by Crippen LogP contribution is -2.39. The second-order valence-electron chi connectivity index (χ2n) is 8.25. The van der Waals surface area contributed by atoms with Gasteiger partial charge in [-0.1, -0.05) is 16.8 Å². The number of nitroso groups, excluding NO2 is 1. The first-order valence-electron chi connectivity index (χ1n) is 10.5. The average Bonchev–Trinajstić information content (AvgIpc) is 3.11. The molecule has 2 aliphatic rings. The van der Waals surface area contributed by atoms with E-state index < -0.39 is 40.8 Å². The van der Waals surface area contributed by atoms with Crippen LogP contribution in [0.1, 0.15) is 51.0 Å². The third-order valence-corrected chi connectivity index (χ3v) is 6.34. The van der Waals surface area contributed by atoms with Crippen molar-refractivity contribution in [3.8, 4) is 5.75 Å². The number of esters is 1. The summed E-state index contributed by atoms with van der Waals surface area (Å²) in [4.78, 5) is 76.7. The van der Waals surface area contributed by atoms with Crippen LogP contribution in [0, 0.1) is 10.8 Å². The minimum Gasteiger partial charge on any atom is -0.425 e. The molecule has 0 unspecified atom stereocenters. The Kier molecular flexibility index (Phi) is 6.22. The van der Waals surface area contributed by atoms with E-state index in [9.17, 15) is 28.9 Å².